The second-order valence-corrected chi connectivity index (χ2v) is 4.06. The van der Waals surface area contributed by atoms with E-state index < -0.39 is 0 Å². The Balaban J connectivity index is 2.22. The van der Waals surface area contributed by atoms with Crippen molar-refractivity contribution in [1.29, 1.82) is 0 Å². The third kappa shape index (κ3) is 2.61. The average Bonchev–Trinajstić information content (AvgIpc) is 2.08. The SMILES string of the molecule is CCN1CC(OC(=O)N(C)C(C)C)C1. The Hall–Kier alpha value is -0.770. The van der Waals surface area contributed by atoms with E-state index in [1.807, 2.05) is 13.8 Å². The van der Waals surface area contributed by atoms with Gasteiger partial charge in [-0.3, -0.25) is 4.90 Å². The summed E-state index contributed by atoms with van der Waals surface area (Å²) in [5.74, 6) is 0. The zero-order chi connectivity index (χ0) is 10.7. The Bertz CT molecular complexity index is 200. The molecule has 1 saturated heterocycles. The zero-order valence-electron chi connectivity index (χ0n) is 9.49. The van der Waals surface area contributed by atoms with Crippen LogP contribution in [0.25, 0.3) is 0 Å². The number of carbonyl (C=O) groups is 1. The second-order valence-electron chi connectivity index (χ2n) is 4.06. The summed E-state index contributed by atoms with van der Waals surface area (Å²) < 4.78 is 5.29. The first-order valence-electron chi connectivity index (χ1n) is 5.20. The standard InChI is InChI=1S/C10H20N2O2/c1-5-12-6-9(7-12)14-10(13)11(4)8(2)3/h8-9H,5-7H2,1-4H3. The fourth-order valence-electron chi connectivity index (χ4n) is 1.29. The summed E-state index contributed by atoms with van der Waals surface area (Å²) in [4.78, 5) is 15.3. The Morgan fingerprint density at radius 1 is 1.57 bits per heavy atom. The van der Waals surface area contributed by atoms with Crippen LogP contribution in [0.3, 0.4) is 0 Å². The molecule has 0 atom stereocenters. The average molecular weight is 200 g/mol. The predicted molar refractivity (Wildman–Crippen MR) is 55.3 cm³/mol. The van der Waals surface area contributed by atoms with Crippen LogP contribution >= 0.6 is 0 Å². The van der Waals surface area contributed by atoms with E-state index >= 15 is 0 Å². The Kier molecular flexibility index (Phi) is 3.75. The fraction of sp³-hybridized carbons (Fsp3) is 0.900. The number of hydrogen-bond acceptors (Lipinski definition) is 3. The summed E-state index contributed by atoms with van der Waals surface area (Å²) in [7, 11) is 1.77. The number of likely N-dealkylation sites (tertiary alicyclic amines) is 1. The van der Waals surface area contributed by atoms with E-state index in [1.165, 1.54) is 0 Å². The number of nitrogens with zero attached hydrogens (tertiary/aromatic N) is 2. The highest BCUT2D eigenvalue weighted by molar-refractivity contribution is 5.67. The summed E-state index contributed by atoms with van der Waals surface area (Å²) in [5.41, 5.74) is 0. The molecule has 0 aromatic carbocycles. The molecule has 0 bridgehead atoms. The van der Waals surface area contributed by atoms with Crippen LogP contribution in [-0.4, -0.2) is 54.7 Å². The molecule has 4 heteroatoms. The lowest BCUT2D eigenvalue weighted by Crippen LogP contribution is -2.53. The lowest BCUT2D eigenvalue weighted by atomic mass is 10.2. The van der Waals surface area contributed by atoms with Gasteiger partial charge in [0.05, 0.1) is 0 Å². The van der Waals surface area contributed by atoms with Crippen molar-refractivity contribution < 1.29 is 9.53 Å². The topological polar surface area (TPSA) is 32.8 Å². The Labute approximate surface area is 85.8 Å². The maximum Gasteiger partial charge on any atom is 0.410 e. The van der Waals surface area contributed by atoms with Crippen LogP contribution in [0.15, 0.2) is 0 Å². The van der Waals surface area contributed by atoms with Gasteiger partial charge in [-0.25, -0.2) is 4.79 Å². The molecule has 1 aliphatic heterocycles. The third-order valence-electron chi connectivity index (χ3n) is 2.70. The van der Waals surface area contributed by atoms with Gasteiger partial charge in [-0.2, -0.15) is 0 Å². The van der Waals surface area contributed by atoms with Crippen molar-refractivity contribution in [2.45, 2.75) is 32.9 Å². The molecule has 1 amide bonds. The minimum atomic E-state index is -0.208. The van der Waals surface area contributed by atoms with E-state index in [9.17, 15) is 4.79 Å². The largest absolute Gasteiger partial charge is 0.443 e. The molecule has 0 unspecified atom stereocenters. The van der Waals surface area contributed by atoms with Gasteiger partial charge in [0.25, 0.3) is 0 Å². The molecule has 0 saturated carbocycles. The molecule has 14 heavy (non-hydrogen) atoms. The lowest BCUT2D eigenvalue weighted by Gasteiger charge is -2.38. The molecule has 0 spiro atoms. The first-order valence-corrected chi connectivity index (χ1v) is 5.20. The molecule has 0 aromatic rings. The van der Waals surface area contributed by atoms with Crippen molar-refractivity contribution in [2.75, 3.05) is 26.7 Å². The summed E-state index contributed by atoms with van der Waals surface area (Å²) in [5, 5.41) is 0. The van der Waals surface area contributed by atoms with Crippen LogP contribution in [0.4, 0.5) is 4.79 Å². The van der Waals surface area contributed by atoms with Crippen molar-refractivity contribution in [1.82, 2.24) is 9.80 Å². The van der Waals surface area contributed by atoms with Crippen LogP contribution in [-0.2, 0) is 4.74 Å². The molecule has 4 nitrogen and oxygen atoms in total. The second kappa shape index (κ2) is 4.64. The van der Waals surface area contributed by atoms with Gasteiger partial charge in [0.1, 0.15) is 6.10 Å². The van der Waals surface area contributed by atoms with Crippen LogP contribution in [0.2, 0.25) is 0 Å². The van der Waals surface area contributed by atoms with Crippen molar-refractivity contribution in [3.63, 3.8) is 0 Å². The van der Waals surface area contributed by atoms with Crippen molar-refractivity contribution in [3.05, 3.63) is 0 Å². The Morgan fingerprint density at radius 2 is 2.14 bits per heavy atom. The number of likely N-dealkylation sites (N-methyl/N-ethyl adjacent to an activating group) is 1. The van der Waals surface area contributed by atoms with Gasteiger partial charge < -0.3 is 9.64 Å². The molecule has 0 aromatic heterocycles. The number of hydrogen-bond donors (Lipinski definition) is 0. The number of ether oxygens (including phenoxy) is 1. The van der Waals surface area contributed by atoms with E-state index in [2.05, 4.69) is 11.8 Å². The van der Waals surface area contributed by atoms with Gasteiger partial charge >= 0.3 is 6.09 Å². The molecule has 0 aliphatic carbocycles. The molecule has 1 aliphatic rings. The van der Waals surface area contributed by atoms with E-state index in [0.29, 0.717) is 0 Å². The van der Waals surface area contributed by atoms with E-state index in [4.69, 9.17) is 4.74 Å². The molecule has 1 rings (SSSR count). The molecule has 1 heterocycles. The minimum absolute atomic E-state index is 0.101. The van der Waals surface area contributed by atoms with Crippen molar-refractivity contribution in [2.24, 2.45) is 0 Å². The third-order valence-corrected chi connectivity index (χ3v) is 2.70. The van der Waals surface area contributed by atoms with Gasteiger partial charge in [0.15, 0.2) is 0 Å². The highest BCUT2D eigenvalue weighted by Crippen LogP contribution is 2.12. The quantitative estimate of drug-likeness (QED) is 0.685. The molecule has 1 fully saturated rings. The monoisotopic (exact) mass is 200 g/mol. The molecule has 0 N–H and O–H groups in total. The van der Waals surface area contributed by atoms with Crippen LogP contribution in [0, 0.1) is 0 Å². The molecule has 0 radical (unpaired) electrons. The fourth-order valence-corrected chi connectivity index (χ4v) is 1.29. The first-order chi connectivity index (χ1) is 6.54. The van der Waals surface area contributed by atoms with E-state index in [-0.39, 0.29) is 18.2 Å². The summed E-state index contributed by atoms with van der Waals surface area (Å²) >= 11 is 0. The lowest BCUT2D eigenvalue weighted by molar-refractivity contribution is -0.0242. The normalized spacial score (nSPS) is 18.1. The number of amides is 1. The first kappa shape index (κ1) is 11.3. The predicted octanol–water partition coefficient (Wildman–Crippen LogP) is 1.17. The molecule has 82 valence electrons. The van der Waals surface area contributed by atoms with Gasteiger partial charge in [-0.1, -0.05) is 6.92 Å². The zero-order valence-corrected chi connectivity index (χ0v) is 9.49. The summed E-state index contributed by atoms with van der Waals surface area (Å²) in [6.45, 7) is 8.86. The maximum absolute atomic E-state index is 11.5. The number of rotatable bonds is 3. The van der Waals surface area contributed by atoms with E-state index in [0.717, 1.165) is 19.6 Å². The maximum atomic E-state index is 11.5. The van der Waals surface area contributed by atoms with Gasteiger partial charge in [-0.05, 0) is 20.4 Å². The highest BCUT2D eigenvalue weighted by atomic mass is 16.6. The van der Waals surface area contributed by atoms with Gasteiger partial charge in [0, 0.05) is 26.2 Å². The minimum Gasteiger partial charge on any atom is -0.443 e. The van der Waals surface area contributed by atoms with Crippen LogP contribution < -0.4 is 0 Å². The molecular weight excluding hydrogens is 180 g/mol. The van der Waals surface area contributed by atoms with E-state index in [1.54, 1.807) is 11.9 Å². The van der Waals surface area contributed by atoms with Crippen LogP contribution in [0.5, 0.6) is 0 Å². The number of carbonyl (C=O) groups excluding carboxylic acids is 1. The Morgan fingerprint density at radius 3 is 2.57 bits per heavy atom. The summed E-state index contributed by atoms with van der Waals surface area (Å²) in [6.07, 6.45) is -0.107. The summed E-state index contributed by atoms with van der Waals surface area (Å²) in [6, 6.07) is 0.199. The molecular formula is C10H20N2O2. The van der Waals surface area contributed by atoms with Crippen LogP contribution in [0.1, 0.15) is 20.8 Å². The van der Waals surface area contributed by atoms with Crippen molar-refractivity contribution >= 4 is 6.09 Å². The van der Waals surface area contributed by atoms with Crippen molar-refractivity contribution in [3.8, 4) is 0 Å². The highest BCUT2D eigenvalue weighted by Gasteiger charge is 2.29. The smallest absolute Gasteiger partial charge is 0.410 e. The van der Waals surface area contributed by atoms with Gasteiger partial charge in [0.2, 0.25) is 0 Å². The van der Waals surface area contributed by atoms with Gasteiger partial charge in [-0.15, -0.1) is 0 Å².